The summed E-state index contributed by atoms with van der Waals surface area (Å²) in [5.74, 6) is -2.45. The molecule has 2 amide bonds. The molecule has 0 aromatic heterocycles. The second-order valence-electron chi connectivity index (χ2n) is 12.0. The summed E-state index contributed by atoms with van der Waals surface area (Å²) in [6.45, 7) is 5.59. The average Bonchev–Trinajstić information content (AvgIpc) is 2.99. The van der Waals surface area contributed by atoms with Gasteiger partial charge in [0.05, 0.1) is 6.04 Å². The van der Waals surface area contributed by atoms with Gasteiger partial charge in [0.2, 0.25) is 11.7 Å². The van der Waals surface area contributed by atoms with E-state index >= 15 is 0 Å². The van der Waals surface area contributed by atoms with Gasteiger partial charge in [-0.25, -0.2) is 0 Å². The molecule has 0 bridgehead atoms. The van der Waals surface area contributed by atoms with E-state index in [0.29, 0.717) is 12.0 Å². The number of carbonyl (C=O) groups is 5. The molecule has 1 heterocycles. The van der Waals surface area contributed by atoms with Crippen LogP contribution in [0.1, 0.15) is 87.2 Å². The van der Waals surface area contributed by atoms with Crippen molar-refractivity contribution < 1.29 is 24.0 Å². The van der Waals surface area contributed by atoms with E-state index in [4.69, 9.17) is 0 Å². The zero-order valence-electron chi connectivity index (χ0n) is 24.4. The number of nitrogens with zero attached hydrogens (tertiary/aromatic N) is 1. The number of Topliss-reactive ketones (excluding diaryl/α,β-unsaturated/α-hetero) is 3. The van der Waals surface area contributed by atoms with Gasteiger partial charge in [0, 0.05) is 37.3 Å². The largest absolute Gasteiger partial charge is 0.345 e. The Balaban J connectivity index is 1.43. The second kappa shape index (κ2) is 13.8. The molecule has 1 saturated carbocycles. The molecule has 1 aliphatic heterocycles. The second-order valence-corrected chi connectivity index (χ2v) is 12.0. The van der Waals surface area contributed by atoms with Gasteiger partial charge >= 0.3 is 0 Å². The predicted octanol–water partition coefficient (Wildman–Crippen LogP) is 5.10. The van der Waals surface area contributed by atoms with Crippen LogP contribution in [0.25, 0.3) is 0 Å². The van der Waals surface area contributed by atoms with Crippen molar-refractivity contribution in [3.63, 3.8) is 0 Å². The van der Waals surface area contributed by atoms with E-state index in [0.717, 1.165) is 36.8 Å². The highest BCUT2D eigenvalue weighted by Gasteiger charge is 2.37. The Morgan fingerprint density at radius 2 is 1.49 bits per heavy atom. The van der Waals surface area contributed by atoms with Crippen LogP contribution >= 0.6 is 0 Å². The molecule has 7 heteroatoms. The summed E-state index contributed by atoms with van der Waals surface area (Å²) >= 11 is 0. The first kappa shape index (κ1) is 30.4. The molecular weight excluding hydrogens is 516 g/mol. The maximum absolute atomic E-state index is 13.6. The van der Waals surface area contributed by atoms with Gasteiger partial charge in [0.1, 0.15) is 6.04 Å². The number of nitrogens with one attached hydrogen (secondary N) is 1. The molecular formula is C34H42N2O5. The van der Waals surface area contributed by atoms with Gasteiger partial charge in [-0.2, -0.15) is 0 Å². The van der Waals surface area contributed by atoms with Crippen LogP contribution in [-0.4, -0.2) is 46.1 Å². The third kappa shape index (κ3) is 7.57. The third-order valence-corrected chi connectivity index (χ3v) is 8.71. The molecule has 0 radical (unpaired) electrons. The smallest absolute Gasteiger partial charge is 0.254 e. The van der Waals surface area contributed by atoms with Crippen molar-refractivity contribution in [2.75, 3.05) is 0 Å². The highest BCUT2D eigenvalue weighted by atomic mass is 16.2. The molecule has 1 aliphatic carbocycles. The van der Waals surface area contributed by atoms with Gasteiger partial charge in [-0.05, 0) is 42.0 Å². The molecule has 41 heavy (non-hydrogen) atoms. The van der Waals surface area contributed by atoms with Crippen LogP contribution in [0.2, 0.25) is 0 Å². The summed E-state index contributed by atoms with van der Waals surface area (Å²) in [4.78, 5) is 67.8. The normalized spacial score (nSPS) is 18.7. The van der Waals surface area contributed by atoms with Crippen LogP contribution in [0.4, 0.5) is 0 Å². The lowest BCUT2D eigenvalue weighted by molar-refractivity contribution is -0.142. The van der Waals surface area contributed by atoms with Gasteiger partial charge < -0.3 is 10.2 Å². The van der Waals surface area contributed by atoms with Gasteiger partial charge in [-0.15, -0.1) is 0 Å². The summed E-state index contributed by atoms with van der Waals surface area (Å²) < 4.78 is 0. The lowest BCUT2D eigenvalue weighted by Gasteiger charge is -2.36. The maximum atomic E-state index is 13.6. The number of hydrogen-bond acceptors (Lipinski definition) is 5. The van der Waals surface area contributed by atoms with Crippen LogP contribution in [-0.2, 0) is 32.1 Å². The molecule has 218 valence electrons. The fourth-order valence-corrected chi connectivity index (χ4v) is 6.09. The lowest BCUT2D eigenvalue weighted by atomic mass is 9.80. The number of carbonyl (C=O) groups excluding carboxylic acids is 5. The van der Waals surface area contributed by atoms with E-state index in [9.17, 15) is 24.0 Å². The number of fused-ring (bicyclic) bond motifs is 1. The first-order valence-electron chi connectivity index (χ1n) is 15.0. The molecule has 2 aliphatic rings. The Kier molecular flexibility index (Phi) is 10.2. The first-order valence-corrected chi connectivity index (χ1v) is 15.0. The lowest BCUT2D eigenvalue weighted by Crippen LogP contribution is -2.55. The minimum Gasteiger partial charge on any atom is -0.345 e. The van der Waals surface area contributed by atoms with Gasteiger partial charge in [-0.3, -0.25) is 24.0 Å². The Morgan fingerprint density at radius 1 is 0.854 bits per heavy atom. The Morgan fingerprint density at radius 3 is 2.15 bits per heavy atom. The fraction of sp³-hybridized carbons (Fsp3) is 0.500. The number of benzene rings is 2. The summed E-state index contributed by atoms with van der Waals surface area (Å²) in [7, 11) is 0. The van der Waals surface area contributed by atoms with E-state index in [1.165, 1.54) is 6.42 Å². The zero-order chi connectivity index (χ0) is 29.5. The van der Waals surface area contributed by atoms with Crippen LogP contribution in [0.15, 0.2) is 54.6 Å². The molecule has 3 atom stereocenters. The molecule has 1 fully saturated rings. The van der Waals surface area contributed by atoms with Crippen LogP contribution in [0.3, 0.4) is 0 Å². The van der Waals surface area contributed by atoms with Gasteiger partial charge in [0.25, 0.3) is 5.91 Å². The van der Waals surface area contributed by atoms with Gasteiger partial charge in [0.15, 0.2) is 11.6 Å². The van der Waals surface area contributed by atoms with E-state index in [-0.39, 0.29) is 48.7 Å². The van der Waals surface area contributed by atoms with E-state index in [1.807, 2.05) is 44.2 Å². The van der Waals surface area contributed by atoms with Crippen molar-refractivity contribution in [1.29, 1.82) is 0 Å². The number of amides is 2. The van der Waals surface area contributed by atoms with E-state index < -0.39 is 29.7 Å². The Hall–Kier alpha value is -3.61. The highest BCUT2D eigenvalue weighted by Crippen LogP contribution is 2.29. The standard InChI is InChI=1S/C34H42N2O5/c1-22(2)28(32(39)31(38)18-24-12-6-4-7-13-24)20-30(37)23(3)35-33(40)29-19-26-16-10-11-17-27(26)21-36(29)34(41)25-14-8-5-9-15-25/h5,8-11,14-17,22-24,28-29H,4,6-7,12-13,18-21H2,1-3H3,(H,35,40)/t23-,28-,29-/m0/s1. The first-order chi connectivity index (χ1) is 19.7. The van der Waals surface area contributed by atoms with E-state index in [1.54, 1.807) is 36.1 Å². The fourth-order valence-electron chi connectivity index (χ4n) is 6.09. The summed E-state index contributed by atoms with van der Waals surface area (Å²) in [6, 6.07) is 14.9. The molecule has 7 nitrogen and oxygen atoms in total. The van der Waals surface area contributed by atoms with Crippen molar-refractivity contribution in [3.8, 4) is 0 Å². The van der Waals surface area contributed by atoms with Crippen molar-refractivity contribution in [2.24, 2.45) is 17.8 Å². The maximum Gasteiger partial charge on any atom is 0.254 e. The molecule has 2 aromatic carbocycles. The quantitative estimate of drug-likeness (QED) is 0.387. The number of rotatable bonds is 11. The van der Waals surface area contributed by atoms with E-state index in [2.05, 4.69) is 5.32 Å². The van der Waals surface area contributed by atoms with Crippen molar-refractivity contribution in [1.82, 2.24) is 10.2 Å². The monoisotopic (exact) mass is 558 g/mol. The summed E-state index contributed by atoms with van der Waals surface area (Å²) in [5, 5.41) is 2.82. The summed E-state index contributed by atoms with van der Waals surface area (Å²) in [5.41, 5.74) is 2.47. The van der Waals surface area contributed by atoms with Crippen LogP contribution in [0.5, 0.6) is 0 Å². The summed E-state index contributed by atoms with van der Waals surface area (Å²) in [6.07, 6.45) is 5.81. The molecule has 0 unspecified atom stereocenters. The average molecular weight is 559 g/mol. The topological polar surface area (TPSA) is 101 Å². The molecule has 0 saturated heterocycles. The Labute approximate surface area is 243 Å². The van der Waals surface area contributed by atoms with Crippen molar-refractivity contribution >= 4 is 29.2 Å². The SMILES string of the molecule is CC(C)[C@H](CC(=O)[C@H](C)NC(=O)[C@@H]1Cc2ccccc2CN1C(=O)c1ccccc1)C(=O)C(=O)CC1CCCCC1. The minimum absolute atomic E-state index is 0.103. The molecule has 4 rings (SSSR count). The highest BCUT2D eigenvalue weighted by molar-refractivity contribution is 6.38. The number of hydrogen-bond donors (Lipinski definition) is 1. The molecule has 1 N–H and O–H groups in total. The predicted molar refractivity (Wildman–Crippen MR) is 157 cm³/mol. The minimum atomic E-state index is -0.865. The van der Waals surface area contributed by atoms with Crippen LogP contribution < -0.4 is 5.32 Å². The van der Waals surface area contributed by atoms with Gasteiger partial charge in [-0.1, -0.05) is 88.4 Å². The van der Waals surface area contributed by atoms with Crippen molar-refractivity contribution in [2.45, 2.75) is 90.8 Å². The third-order valence-electron chi connectivity index (χ3n) is 8.71. The zero-order valence-corrected chi connectivity index (χ0v) is 24.4. The Bertz CT molecular complexity index is 1260. The van der Waals surface area contributed by atoms with Crippen molar-refractivity contribution in [3.05, 3.63) is 71.3 Å². The van der Waals surface area contributed by atoms with Crippen LogP contribution in [0, 0.1) is 17.8 Å². The molecule has 0 spiro atoms. The number of ketones is 3. The molecule has 2 aromatic rings.